The number of benzene rings is 3. The van der Waals surface area contributed by atoms with Gasteiger partial charge in [-0.05, 0) is 48.2 Å². The smallest absolute Gasteiger partial charge is 0.409 e. The molecule has 2 aromatic heterocycles. The molecule has 0 fully saturated rings. The Hall–Kier alpha value is -5.61. The number of nitrogens with zero attached hydrogens (tertiary/aromatic N) is 8. The van der Waals surface area contributed by atoms with Crippen molar-refractivity contribution < 1.29 is 34.3 Å². The highest BCUT2D eigenvalue weighted by molar-refractivity contribution is 5.95. The Bertz CT molecular complexity index is 1910. The molecular formula is C32H30N8O7. The summed E-state index contributed by atoms with van der Waals surface area (Å²) < 4.78 is 10.4. The number of para-hydroxylation sites is 1. The highest BCUT2D eigenvalue weighted by Crippen LogP contribution is 2.32. The van der Waals surface area contributed by atoms with E-state index in [0.717, 1.165) is 32.7 Å². The first kappa shape index (κ1) is 31.4. The van der Waals surface area contributed by atoms with Crippen molar-refractivity contribution in [1.82, 2.24) is 35.6 Å². The van der Waals surface area contributed by atoms with Gasteiger partial charge in [-0.3, -0.25) is 20.1 Å². The second-order valence-corrected chi connectivity index (χ2v) is 10.6. The van der Waals surface area contributed by atoms with Crippen LogP contribution in [0.1, 0.15) is 34.6 Å². The third-order valence-corrected chi connectivity index (χ3v) is 7.48. The summed E-state index contributed by atoms with van der Waals surface area (Å²) >= 11 is 0. The van der Waals surface area contributed by atoms with Crippen LogP contribution in [-0.2, 0) is 40.7 Å². The van der Waals surface area contributed by atoms with Crippen molar-refractivity contribution in [1.29, 1.82) is 0 Å². The third-order valence-electron chi connectivity index (χ3n) is 7.48. The minimum absolute atomic E-state index is 0.0346. The summed E-state index contributed by atoms with van der Waals surface area (Å²) in [6.07, 6.45) is 0.0301. The number of ether oxygens (including phenoxy) is 2. The van der Waals surface area contributed by atoms with E-state index in [1.807, 2.05) is 62.4 Å². The first-order chi connectivity index (χ1) is 22.7. The fraction of sp³-hybridized carbons (Fsp3) is 0.219. The number of carbonyl (C=O) groups is 2. The molecule has 5 aromatic rings. The lowest BCUT2D eigenvalue weighted by Crippen LogP contribution is -2.36. The van der Waals surface area contributed by atoms with Gasteiger partial charge in [0.25, 0.3) is 0 Å². The van der Waals surface area contributed by atoms with Crippen LogP contribution >= 0.6 is 0 Å². The van der Waals surface area contributed by atoms with Crippen LogP contribution in [0.15, 0.2) is 72.8 Å². The largest absolute Gasteiger partial charge is 0.515 e. The molecule has 1 amide bonds. The van der Waals surface area contributed by atoms with E-state index in [0.29, 0.717) is 48.0 Å². The van der Waals surface area contributed by atoms with E-state index in [4.69, 9.17) is 19.9 Å². The van der Waals surface area contributed by atoms with Crippen LogP contribution in [0, 0.1) is 13.8 Å². The molecule has 1 aliphatic rings. The topological polar surface area (TPSA) is 178 Å². The van der Waals surface area contributed by atoms with Crippen molar-refractivity contribution in [2.45, 2.75) is 46.6 Å². The number of hydrogen-bond donors (Lipinski definition) is 2. The number of hydrogen-bond acceptors (Lipinski definition) is 13. The fourth-order valence-electron chi connectivity index (χ4n) is 5.27. The number of anilines is 1. The first-order valence-corrected chi connectivity index (χ1v) is 14.6. The standard InChI is InChI=1S/C32H30N8O7/c1-20-25-15-16-29(41)38(31(25)34-21(2)33-20)17-22-11-13-23(14-12-22)26-8-4-5-9-27(26)30-35-37-39(36-30)19-45-32(42)47-28-10-6-3-7-24(28)18-46-40(43)44/h3-14,43-44H,15-19H2,1-2H3. The molecule has 0 atom stereocenters. The monoisotopic (exact) mass is 638 g/mol. The summed E-state index contributed by atoms with van der Waals surface area (Å²) in [4.78, 5) is 41.7. The number of fused-ring (bicyclic) bond motifs is 1. The van der Waals surface area contributed by atoms with Gasteiger partial charge >= 0.3 is 6.16 Å². The summed E-state index contributed by atoms with van der Waals surface area (Å²) in [7, 11) is 0. The maximum atomic E-state index is 12.9. The van der Waals surface area contributed by atoms with E-state index < -0.39 is 11.5 Å². The van der Waals surface area contributed by atoms with Gasteiger partial charge in [-0.2, -0.15) is 0 Å². The summed E-state index contributed by atoms with van der Waals surface area (Å²) in [6.45, 7) is 3.54. The lowest BCUT2D eigenvalue weighted by Gasteiger charge is -2.29. The first-order valence-electron chi connectivity index (χ1n) is 14.6. The van der Waals surface area contributed by atoms with Crippen LogP contribution in [0.25, 0.3) is 22.5 Å². The van der Waals surface area contributed by atoms with Gasteiger partial charge < -0.3 is 9.47 Å². The Morgan fingerprint density at radius 3 is 2.47 bits per heavy atom. The lowest BCUT2D eigenvalue weighted by molar-refractivity contribution is -0.497. The molecule has 0 unspecified atom stereocenters. The van der Waals surface area contributed by atoms with Gasteiger partial charge in [0.15, 0.2) is 0 Å². The number of rotatable bonds is 10. The van der Waals surface area contributed by atoms with Crippen molar-refractivity contribution in [3.8, 4) is 28.3 Å². The molecule has 6 rings (SSSR count). The molecule has 15 nitrogen and oxygen atoms in total. The van der Waals surface area contributed by atoms with Gasteiger partial charge in [-0.25, -0.2) is 19.6 Å². The van der Waals surface area contributed by atoms with E-state index >= 15 is 0 Å². The highest BCUT2D eigenvalue weighted by Gasteiger charge is 2.28. The number of amides is 1. The van der Waals surface area contributed by atoms with Crippen LogP contribution in [-0.4, -0.2) is 58.0 Å². The number of carbonyl (C=O) groups excluding carboxylic acids is 2. The normalized spacial score (nSPS) is 12.7. The maximum absolute atomic E-state index is 12.9. The third kappa shape index (κ3) is 7.29. The molecule has 0 saturated carbocycles. The quantitative estimate of drug-likeness (QED) is 0.123. The number of aromatic nitrogens is 6. The molecule has 240 valence electrons. The van der Waals surface area contributed by atoms with Crippen LogP contribution < -0.4 is 9.64 Å². The van der Waals surface area contributed by atoms with Gasteiger partial charge in [-0.1, -0.05) is 66.7 Å². The van der Waals surface area contributed by atoms with Crippen LogP contribution in [0.4, 0.5) is 10.6 Å². The number of tetrazole rings is 1. The SMILES string of the molecule is Cc1nc(C)c2c(n1)N(Cc1ccc(-c3ccccc3-c3nnn(COC(=O)Oc4ccccc4CON(O)O)n3)cc1)C(=O)CC2. The molecule has 0 spiro atoms. The van der Waals surface area contributed by atoms with Crippen molar-refractivity contribution in [2.24, 2.45) is 0 Å². The molecular weight excluding hydrogens is 608 g/mol. The van der Waals surface area contributed by atoms with E-state index in [9.17, 15) is 9.59 Å². The Morgan fingerprint density at radius 1 is 0.936 bits per heavy atom. The summed E-state index contributed by atoms with van der Waals surface area (Å²) in [5.74, 6) is 1.79. The molecule has 3 aromatic carbocycles. The Balaban J connectivity index is 1.12. The van der Waals surface area contributed by atoms with Crippen molar-refractivity contribution in [3.63, 3.8) is 0 Å². The predicted molar refractivity (Wildman–Crippen MR) is 163 cm³/mol. The molecule has 47 heavy (non-hydrogen) atoms. The molecule has 2 N–H and O–H groups in total. The summed E-state index contributed by atoms with van der Waals surface area (Å²) in [5, 5.41) is 29.6. The van der Waals surface area contributed by atoms with Crippen molar-refractivity contribution >= 4 is 17.9 Å². The minimum Gasteiger partial charge on any atom is -0.409 e. The molecule has 3 heterocycles. The van der Waals surface area contributed by atoms with Crippen LogP contribution in [0.5, 0.6) is 5.75 Å². The molecule has 0 saturated heterocycles. The molecule has 1 aliphatic heterocycles. The van der Waals surface area contributed by atoms with Crippen molar-refractivity contribution in [2.75, 3.05) is 4.90 Å². The highest BCUT2D eigenvalue weighted by atomic mass is 17.1. The minimum atomic E-state index is -1.03. The zero-order chi connectivity index (χ0) is 32.9. The van der Waals surface area contributed by atoms with Gasteiger partial charge in [-0.15, -0.1) is 15.0 Å². The van der Waals surface area contributed by atoms with E-state index in [1.165, 1.54) is 6.07 Å². The summed E-state index contributed by atoms with van der Waals surface area (Å²) in [5.41, 5.74) is 5.72. The van der Waals surface area contributed by atoms with Crippen molar-refractivity contribution in [3.05, 3.63) is 101 Å². The van der Waals surface area contributed by atoms with Crippen LogP contribution in [0.2, 0.25) is 0 Å². The fourth-order valence-corrected chi connectivity index (χ4v) is 5.27. The van der Waals surface area contributed by atoms with E-state index in [2.05, 4.69) is 30.2 Å². The van der Waals surface area contributed by atoms with E-state index in [-0.39, 0.29) is 25.0 Å². The average molecular weight is 639 g/mol. The zero-order valence-corrected chi connectivity index (χ0v) is 25.5. The Morgan fingerprint density at radius 2 is 1.68 bits per heavy atom. The summed E-state index contributed by atoms with van der Waals surface area (Å²) in [6, 6.07) is 21.9. The van der Waals surface area contributed by atoms with Gasteiger partial charge in [0.1, 0.15) is 24.0 Å². The maximum Gasteiger partial charge on any atom is 0.515 e. The zero-order valence-electron chi connectivity index (χ0n) is 25.5. The van der Waals surface area contributed by atoms with Gasteiger partial charge in [0.2, 0.25) is 18.5 Å². The van der Waals surface area contributed by atoms with Gasteiger partial charge in [0, 0.05) is 28.8 Å². The molecule has 0 aliphatic carbocycles. The second kappa shape index (κ2) is 13.8. The van der Waals surface area contributed by atoms with Crippen LogP contribution in [0.3, 0.4) is 0 Å². The van der Waals surface area contributed by atoms with E-state index in [1.54, 1.807) is 23.1 Å². The lowest BCUT2D eigenvalue weighted by atomic mass is 9.98. The molecule has 0 radical (unpaired) electrons. The molecule has 0 bridgehead atoms. The predicted octanol–water partition coefficient (Wildman–Crippen LogP) is 4.58. The molecule has 15 heteroatoms. The second-order valence-electron chi connectivity index (χ2n) is 10.6. The number of aryl methyl sites for hydroxylation is 2. The Labute approximate surface area is 268 Å². The average Bonchev–Trinajstić information content (AvgIpc) is 3.54. The Kier molecular flexibility index (Phi) is 9.21. The van der Waals surface area contributed by atoms with Gasteiger partial charge in [0.05, 0.1) is 11.9 Å².